The van der Waals surface area contributed by atoms with Crippen molar-refractivity contribution in [3.63, 3.8) is 0 Å². The maximum absolute atomic E-state index is 11.9. The lowest BCUT2D eigenvalue weighted by Crippen LogP contribution is -2.12. The molecule has 0 aliphatic rings. The quantitative estimate of drug-likeness (QED) is 0.716. The molecule has 0 aliphatic heterocycles. The average molecular weight is 293 g/mol. The fourth-order valence-corrected chi connectivity index (χ4v) is 1.36. The third-order valence-electron chi connectivity index (χ3n) is 2.24. The Bertz CT molecular complexity index is 414. The minimum absolute atomic E-state index is 0.00361. The second kappa shape index (κ2) is 7.71. The molecule has 0 spiro atoms. The second-order valence-corrected chi connectivity index (χ2v) is 4.15. The number of halogens is 3. The minimum Gasteiger partial charge on any atom is -0.463 e. The molecular weight excluding hydrogens is 275 g/mol. The third kappa shape index (κ3) is 6.95. The number of nitrogens with zero attached hydrogens (tertiary/aromatic N) is 3. The van der Waals surface area contributed by atoms with Gasteiger partial charge in [-0.2, -0.15) is 28.1 Å². The highest BCUT2D eigenvalue weighted by Gasteiger charge is 2.25. The van der Waals surface area contributed by atoms with Crippen LogP contribution < -0.4 is 15.8 Å². The molecule has 9 heteroatoms. The van der Waals surface area contributed by atoms with Crippen LogP contribution in [0.25, 0.3) is 0 Å². The van der Waals surface area contributed by atoms with Crippen molar-refractivity contribution in [3.8, 4) is 6.01 Å². The van der Waals surface area contributed by atoms with Crippen LogP contribution in [0.4, 0.5) is 25.1 Å². The number of nitrogens with one attached hydrogen (secondary N) is 1. The summed E-state index contributed by atoms with van der Waals surface area (Å²) >= 11 is 0. The van der Waals surface area contributed by atoms with Gasteiger partial charge in [-0.05, 0) is 19.3 Å². The molecule has 1 aromatic heterocycles. The van der Waals surface area contributed by atoms with E-state index in [4.69, 9.17) is 10.5 Å². The van der Waals surface area contributed by atoms with Gasteiger partial charge in [0.2, 0.25) is 11.9 Å². The van der Waals surface area contributed by atoms with Crippen LogP contribution in [-0.2, 0) is 0 Å². The summed E-state index contributed by atoms with van der Waals surface area (Å²) in [5, 5.41) is 2.80. The summed E-state index contributed by atoms with van der Waals surface area (Å²) in [5.41, 5.74) is 5.49. The summed E-state index contributed by atoms with van der Waals surface area (Å²) in [7, 11) is 0. The molecule has 0 atom stereocenters. The van der Waals surface area contributed by atoms with E-state index in [2.05, 4.69) is 20.3 Å². The standard InChI is InChI=1S/C11H18F3N5O/c1-2-7-20-10-18-8(15)17-9(19-10)16-6-4-3-5-11(12,13)14/h2-7H2,1H3,(H3,15,16,17,18,19). The summed E-state index contributed by atoms with van der Waals surface area (Å²) in [6.07, 6.45) is -3.70. The number of hydrogen-bond donors (Lipinski definition) is 2. The van der Waals surface area contributed by atoms with Gasteiger partial charge < -0.3 is 15.8 Å². The van der Waals surface area contributed by atoms with Gasteiger partial charge in [0.05, 0.1) is 6.61 Å². The Kier molecular flexibility index (Phi) is 6.26. The molecule has 0 bridgehead atoms. The van der Waals surface area contributed by atoms with Crippen LogP contribution in [0.3, 0.4) is 0 Å². The highest BCUT2D eigenvalue weighted by molar-refractivity contribution is 5.32. The minimum atomic E-state index is -4.11. The predicted octanol–water partition coefficient (Wildman–Crippen LogP) is 2.39. The van der Waals surface area contributed by atoms with Gasteiger partial charge in [0.1, 0.15) is 0 Å². The Balaban J connectivity index is 2.37. The number of nitrogen functional groups attached to an aromatic ring is 1. The molecule has 0 saturated heterocycles. The molecule has 3 N–H and O–H groups in total. The second-order valence-electron chi connectivity index (χ2n) is 4.15. The zero-order chi connectivity index (χ0) is 15.0. The predicted molar refractivity (Wildman–Crippen MR) is 68.4 cm³/mol. The molecule has 114 valence electrons. The molecule has 0 amide bonds. The number of nitrogens with two attached hydrogens (primary N) is 1. The number of anilines is 2. The van der Waals surface area contributed by atoms with E-state index < -0.39 is 12.6 Å². The first-order valence-corrected chi connectivity index (χ1v) is 6.35. The van der Waals surface area contributed by atoms with Gasteiger partial charge in [-0.15, -0.1) is 0 Å². The van der Waals surface area contributed by atoms with Gasteiger partial charge in [0.25, 0.3) is 0 Å². The van der Waals surface area contributed by atoms with E-state index in [-0.39, 0.29) is 24.3 Å². The zero-order valence-electron chi connectivity index (χ0n) is 11.2. The molecule has 0 radical (unpaired) electrons. The summed E-state index contributed by atoms with van der Waals surface area (Å²) < 4.78 is 41.0. The SMILES string of the molecule is CCCOc1nc(N)nc(NCCCCC(F)(F)F)n1. The van der Waals surface area contributed by atoms with Crippen molar-refractivity contribution >= 4 is 11.9 Å². The summed E-state index contributed by atoms with van der Waals surface area (Å²) in [6.45, 7) is 2.71. The first-order valence-electron chi connectivity index (χ1n) is 6.35. The van der Waals surface area contributed by atoms with E-state index >= 15 is 0 Å². The van der Waals surface area contributed by atoms with Crippen LogP contribution in [0.5, 0.6) is 6.01 Å². The lowest BCUT2D eigenvalue weighted by molar-refractivity contribution is -0.135. The van der Waals surface area contributed by atoms with Crippen LogP contribution in [0, 0.1) is 0 Å². The molecule has 0 aliphatic carbocycles. The molecule has 0 unspecified atom stereocenters. The number of alkyl halides is 3. The molecule has 6 nitrogen and oxygen atoms in total. The molecular formula is C11H18F3N5O. The average Bonchev–Trinajstić information content (AvgIpc) is 2.34. The summed E-state index contributed by atoms with van der Waals surface area (Å²) in [4.78, 5) is 11.6. The van der Waals surface area contributed by atoms with Crippen LogP contribution in [0.15, 0.2) is 0 Å². The molecule has 0 aromatic carbocycles. The van der Waals surface area contributed by atoms with Crippen molar-refractivity contribution in [3.05, 3.63) is 0 Å². The van der Waals surface area contributed by atoms with E-state index in [1.54, 1.807) is 0 Å². The van der Waals surface area contributed by atoms with Crippen molar-refractivity contribution in [1.82, 2.24) is 15.0 Å². The van der Waals surface area contributed by atoms with Crippen molar-refractivity contribution in [2.75, 3.05) is 24.2 Å². The largest absolute Gasteiger partial charge is 0.463 e. The van der Waals surface area contributed by atoms with Gasteiger partial charge in [-0.25, -0.2) is 0 Å². The fourth-order valence-electron chi connectivity index (χ4n) is 1.36. The van der Waals surface area contributed by atoms with Crippen LogP contribution in [0.2, 0.25) is 0 Å². The number of ether oxygens (including phenoxy) is 1. The van der Waals surface area contributed by atoms with E-state index in [0.29, 0.717) is 19.6 Å². The Morgan fingerprint density at radius 3 is 2.60 bits per heavy atom. The Morgan fingerprint density at radius 1 is 1.20 bits per heavy atom. The smallest absolute Gasteiger partial charge is 0.389 e. The maximum atomic E-state index is 11.9. The Hall–Kier alpha value is -1.80. The highest BCUT2D eigenvalue weighted by Crippen LogP contribution is 2.22. The van der Waals surface area contributed by atoms with Crippen molar-refractivity contribution < 1.29 is 17.9 Å². The fraction of sp³-hybridized carbons (Fsp3) is 0.727. The molecule has 1 heterocycles. The van der Waals surface area contributed by atoms with E-state index in [1.165, 1.54) is 0 Å². The Morgan fingerprint density at radius 2 is 1.95 bits per heavy atom. The van der Waals surface area contributed by atoms with Gasteiger partial charge in [-0.1, -0.05) is 6.92 Å². The number of aromatic nitrogens is 3. The van der Waals surface area contributed by atoms with E-state index in [0.717, 1.165) is 6.42 Å². The molecule has 20 heavy (non-hydrogen) atoms. The Labute approximate surface area is 115 Å². The van der Waals surface area contributed by atoms with Gasteiger partial charge in [0.15, 0.2) is 0 Å². The molecule has 1 aromatic rings. The molecule has 1 rings (SSSR count). The van der Waals surface area contributed by atoms with Crippen LogP contribution >= 0.6 is 0 Å². The lowest BCUT2D eigenvalue weighted by atomic mass is 10.2. The third-order valence-corrected chi connectivity index (χ3v) is 2.24. The first-order chi connectivity index (χ1) is 9.40. The monoisotopic (exact) mass is 293 g/mol. The van der Waals surface area contributed by atoms with Crippen molar-refractivity contribution in [1.29, 1.82) is 0 Å². The van der Waals surface area contributed by atoms with Gasteiger partial charge >= 0.3 is 12.2 Å². The van der Waals surface area contributed by atoms with Gasteiger partial charge in [-0.3, -0.25) is 0 Å². The van der Waals surface area contributed by atoms with E-state index in [1.807, 2.05) is 6.92 Å². The maximum Gasteiger partial charge on any atom is 0.389 e. The normalized spacial score (nSPS) is 11.4. The van der Waals surface area contributed by atoms with Gasteiger partial charge in [0, 0.05) is 13.0 Å². The zero-order valence-corrected chi connectivity index (χ0v) is 11.2. The van der Waals surface area contributed by atoms with Crippen LogP contribution in [-0.4, -0.2) is 34.3 Å². The lowest BCUT2D eigenvalue weighted by Gasteiger charge is -2.08. The topological polar surface area (TPSA) is 86.0 Å². The number of unbranched alkanes of at least 4 members (excludes halogenated alkanes) is 1. The van der Waals surface area contributed by atoms with E-state index in [9.17, 15) is 13.2 Å². The number of hydrogen-bond acceptors (Lipinski definition) is 6. The summed E-state index contributed by atoms with van der Waals surface area (Å²) in [5.74, 6) is 0.208. The first kappa shape index (κ1) is 16.3. The van der Waals surface area contributed by atoms with Crippen molar-refractivity contribution in [2.24, 2.45) is 0 Å². The van der Waals surface area contributed by atoms with Crippen LogP contribution in [0.1, 0.15) is 32.6 Å². The van der Waals surface area contributed by atoms with Crippen molar-refractivity contribution in [2.45, 2.75) is 38.8 Å². The molecule has 0 saturated carbocycles. The number of rotatable bonds is 8. The molecule has 0 fully saturated rings. The summed E-state index contributed by atoms with van der Waals surface area (Å²) in [6, 6.07) is 0.108. The highest BCUT2D eigenvalue weighted by atomic mass is 19.4.